The third-order valence-electron chi connectivity index (χ3n) is 3.60. The van der Waals surface area contributed by atoms with Crippen molar-refractivity contribution in [2.24, 2.45) is 0 Å². The van der Waals surface area contributed by atoms with E-state index < -0.39 is 41.3 Å². The van der Waals surface area contributed by atoms with E-state index in [4.69, 9.17) is 0 Å². The van der Waals surface area contributed by atoms with E-state index in [9.17, 15) is 37.3 Å². The maximum Gasteiger partial charge on any atom is 0.325 e. The Morgan fingerprint density at radius 3 is 2.54 bits per heavy atom. The highest BCUT2D eigenvalue weighted by Crippen LogP contribution is 2.33. The van der Waals surface area contributed by atoms with E-state index in [1.807, 2.05) is 0 Å². The lowest BCUT2D eigenvalue weighted by atomic mass is 9.91. The van der Waals surface area contributed by atoms with Gasteiger partial charge in [0.2, 0.25) is 0 Å². The highest BCUT2D eigenvalue weighted by atomic mass is 19.3. The number of hydrogen-bond donors (Lipinski definition) is 1. The van der Waals surface area contributed by atoms with Gasteiger partial charge < -0.3 is 5.32 Å². The molecular formula is C13H11F4N3O4. The predicted octanol–water partition coefficient (Wildman–Crippen LogP) is 2.26. The molecule has 1 aliphatic heterocycles. The Balaban J connectivity index is 2.36. The monoisotopic (exact) mass is 349 g/mol. The molecule has 1 heterocycles. The SMILES string of the molecule is CC1(c2cccc([N+](=O)[O-])c2)NC(=O)N(CC(F)(F)C(F)F)C1=O. The maximum absolute atomic E-state index is 13.2. The number of carbonyl (C=O) groups is 2. The van der Waals surface area contributed by atoms with Crippen LogP contribution in [0.5, 0.6) is 0 Å². The normalized spacial score (nSPS) is 21.3. The molecule has 1 unspecified atom stereocenters. The first-order chi connectivity index (χ1) is 11.0. The van der Waals surface area contributed by atoms with Crippen LogP contribution >= 0.6 is 0 Å². The van der Waals surface area contributed by atoms with Gasteiger partial charge in [0.25, 0.3) is 11.6 Å². The van der Waals surface area contributed by atoms with Crippen molar-refractivity contribution in [1.82, 2.24) is 10.2 Å². The van der Waals surface area contributed by atoms with Gasteiger partial charge in [-0.2, -0.15) is 8.78 Å². The van der Waals surface area contributed by atoms with Crippen LogP contribution in [0, 0.1) is 10.1 Å². The van der Waals surface area contributed by atoms with Crippen molar-refractivity contribution in [2.75, 3.05) is 6.54 Å². The molecule has 2 rings (SSSR count). The summed E-state index contributed by atoms with van der Waals surface area (Å²) in [5.41, 5.74) is -2.29. The number of nitro benzene ring substituents is 1. The van der Waals surface area contributed by atoms with Crippen molar-refractivity contribution in [2.45, 2.75) is 24.8 Å². The Kier molecular flexibility index (Phi) is 4.21. The van der Waals surface area contributed by atoms with E-state index >= 15 is 0 Å². The molecule has 11 heteroatoms. The molecule has 0 spiro atoms. The fraction of sp³-hybridized carbons (Fsp3) is 0.385. The summed E-state index contributed by atoms with van der Waals surface area (Å²) in [6.07, 6.45) is -4.05. The minimum atomic E-state index is -4.57. The lowest BCUT2D eigenvalue weighted by Gasteiger charge is -2.24. The van der Waals surface area contributed by atoms with Crippen LogP contribution in [0.1, 0.15) is 12.5 Å². The van der Waals surface area contributed by atoms with Crippen LogP contribution in [0.15, 0.2) is 24.3 Å². The molecule has 24 heavy (non-hydrogen) atoms. The Morgan fingerprint density at radius 2 is 2.00 bits per heavy atom. The van der Waals surface area contributed by atoms with Gasteiger partial charge in [-0.05, 0) is 12.5 Å². The number of halogens is 4. The maximum atomic E-state index is 13.2. The summed E-state index contributed by atoms with van der Waals surface area (Å²) in [6, 6.07) is 3.37. The molecule has 3 amide bonds. The van der Waals surface area contributed by atoms with Crippen LogP contribution < -0.4 is 5.32 Å². The molecule has 0 radical (unpaired) electrons. The molecule has 1 N–H and O–H groups in total. The zero-order valence-electron chi connectivity index (χ0n) is 12.1. The lowest BCUT2D eigenvalue weighted by Crippen LogP contribution is -2.46. The average molecular weight is 349 g/mol. The van der Waals surface area contributed by atoms with Gasteiger partial charge in [0, 0.05) is 12.1 Å². The fourth-order valence-corrected chi connectivity index (χ4v) is 2.25. The van der Waals surface area contributed by atoms with Crippen molar-refractivity contribution < 1.29 is 32.1 Å². The van der Waals surface area contributed by atoms with E-state index in [0.717, 1.165) is 19.1 Å². The second-order valence-corrected chi connectivity index (χ2v) is 5.32. The van der Waals surface area contributed by atoms with Crippen LogP contribution in [0.4, 0.5) is 28.0 Å². The predicted molar refractivity (Wildman–Crippen MR) is 71.6 cm³/mol. The zero-order valence-corrected chi connectivity index (χ0v) is 12.1. The number of alkyl halides is 4. The largest absolute Gasteiger partial charge is 0.325 e. The second-order valence-electron chi connectivity index (χ2n) is 5.32. The number of hydrogen-bond acceptors (Lipinski definition) is 4. The Labute approximate surface area is 132 Å². The first-order valence-electron chi connectivity index (χ1n) is 6.54. The number of amides is 3. The summed E-state index contributed by atoms with van der Waals surface area (Å²) in [7, 11) is 0. The van der Waals surface area contributed by atoms with Gasteiger partial charge in [-0.1, -0.05) is 12.1 Å². The molecule has 1 aromatic carbocycles. The van der Waals surface area contributed by atoms with E-state index in [1.165, 1.54) is 12.1 Å². The highest BCUT2D eigenvalue weighted by molar-refractivity contribution is 6.07. The third kappa shape index (κ3) is 2.88. The van der Waals surface area contributed by atoms with Gasteiger partial charge in [0.15, 0.2) is 0 Å². The Bertz CT molecular complexity index is 712. The third-order valence-corrected chi connectivity index (χ3v) is 3.60. The van der Waals surface area contributed by atoms with Crippen LogP contribution in [-0.4, -0.2) is 40.7 Å². The minimum absolute atomic E-state index is 0.0228. The molecule has 0 saturated carbocycles. The van der Waals surface area contributed by atoms with Crippen molar-refractivity contribution in [3.8, 4) is 0 Å². The number of nitrogens with zero attached hydrogens (tertiary/aromatic N) is 2. The topological polar surface area (TPSA) is 92.6 Å². The molecule has 1 atom stereocenters. The smallest absolute Gasteiger partial charge is 0.319 e. The quantitative estimate of drug-likeness (QED) is 0.382. The molecule has 1 aromatic rings. The van der Waals surface area contributed by atoms with Gasteiger partial charge in [-0.25, -0.2) is 13.6 Å². The van der Waals surface area contributed by atoms with Crippen LogP contribution in [0.25, 0.3) is 0 Å². The van der Waals surface area contributed by atoms with Crippen molar-refractivity contribution in [3.63, 3.8) is 0 Å². The molecule has 0 aliphatic carbocycles. The lowest BCUT2D eigenvalue weighted by molar-refractivity contribution is -0.385. The first-order valence-corrected chi connectivity index (χ1v) is 6.54. The minimum Gasteiger partial charge on any atom is -0.319 e. The Morgan fingerprint density at radius 1 is 1.38 bits per heavy atom. The van der Waals surface area contributed by atoms with Gasteiger partial charge >= 0.3 is 18.4 Å². The second kappa shape index (κ2) is 5.73. The molecule has 1 fully saturated rings. The first kappa shape index (κ1) is 17.6. The van der Waals surface area contributed by atoms with Crippen molar-refractivity contribution >= 4 is 17.6 Å². The summed E-state index contributed by atoms with van der Waals surface area (Å²) >= 11 is 0. The van der Waals surface area contributed by atoms with Gasteiger partial charge in [-0.15, -0.1) is 0 Å². The number of non-ortho nitro benzene ring substituents is 1. The van der Waals surface area contributed by atoms with E-state index in [1.54, 1.807) is 0 Å². The number of rotatable bonds is 5. The molecule has 1 aliphatic rings. The highest BCUT2D eigenvalue weighted by Gasteiger charge is 2.54. The molecule has 0 bridgehead atoms. The number of nitrogens with one attached hydrogen (secondary N) is 1. The van der Waals surface area contributed by atoms with Crippen molar-refractivity contribution in [3.05, 3.63) is 39.9 Å². The number of nitro groups is 1. The fourth-order valence-electron chi connectivity index (χ4n) is 2.25. The van der Waals surface area contributed by atoms with Crippen LogP contribution in [0.2, 0.25) is 0 Å². The molecule has 1 saturated heterocycles. The number of imide groups is 1. The van der Waals surface area contributed by atoms with Crippen molar-refractivity contribution in [1.29, 1.82) is 0 Å². The van der Waals surface area contributed by atoms with Gasteiger partial charge in [-0.3, -0.25) is 19.8 Å². The molecule has 130 valence electrons. The zero-order chi connectivity index (χ0) is 18.3. The van der Waals surface area contributed by atoms with Crippen LogP contribution in [0.3, 0.4) is 0 Å². The number of urea groups is 1. The summed E-state index contributed by atoms with van der Waals surface area (Å²) in [4.78, 5) is 34.1. The Hall–Kier alpha value is -2.72. The summed E-state index contributed by atoms with van der Waals surface area (Å²) < 4.78 is 50.9. The van der Waals surface area contributed by atoms with Gasteiger partial charge in [0.1, 0.15) is 12.1 Å². The summed E-state index contributed by atoms with van der Waals surface area (Å²) in [5.74, 6) is -5.77. The van der Waals surface area contributed by atoms with Crippen LogP contribution in [-0.2, 0) is 10.3 Å². The summed E-state index contributed by atoms with van der Waals surface area (Å²) in [6.45, 7) is -0.646. The van der Waals surface area contributed by atoms with Gasteiger partial charge in [0.05, 0.1) is 4.92 Å². The average Bonchev–Trinajstić information content (AvgIpc) is 2.71. The molecule has 0 aromatic heterocycles. The standard InChI is InChI=1S/C13H11F4N3O4/c1-12(7-3-2-4-8(5-7)20(23)24)10(21)19(11(22)18-12)6-13(16,17)9(14)15/h2-5,9H,6H2,1H3,(H,18,22). The van der Waals surface area contributed by atoms with E-state index in [0.29, 0.717) is 0 Å². The van der Waals surface area contributed by atoms with E-state index in [2.05, 4.69) is 5.32 Å². The summed E-state index contributed by atoms with van der Waals surface area (Å²) in [5, 5.41) is 12.9. The number of benzene rings is 1. The molecule has 7 nitrogen and oxygen atoms in total. The molecular weight excluding hydrogens is 338 g/mol. The number of carbonyl (C=O) groups excluding carboxylic acids is 2. The van der Waals surface area contributed by atoms with E-state index in [-0.39, 0.29) is 16.2 Å².